The van der Waals surface area contributed by atoms with Gasteiger partial charge in [0.05, 0.1) is 12.5 Å². The normalized spacial score (nSPS) is 13.9. The van der Waals surface area contributed by atoms with Crippen LogP contribution in [-0.2, 0) is 36.8 Å². The molecule has 198 valence electrons. The van der Waals surface area contributed by atoms with Gasteiger partial charge in [0, 0.05) is 12.8 Å². The summed E-state index contributed by atoms with van der Waals surface area (Å²) in [6, 6.07) is 9.78. The molecule has 37 heavy (non-hydrogen) atoms. The molecule has 0 saturated heterocycles. The van der Waals surface area contributed by atoms with Gasteiger partial charge >= 0.3 is 5.97 Å². The highest BCUT2D eigenvalue weighted by molar-refractivity contribution is 5.95. The average Bonchev–Trinajstić information content (AvgIpc) is 2.84. The van der Waals surface area contributed by atoms with E-state index in [4.69, 9.17) is 16.6 Å². The molecule has 0 aliphatic rings. The predicted octanol–water partition coefficient (Wildman–Crippen LogP) is -1.06. The Morgan fingerprint density at radius 1 is 0.784 bits per heavy atom. The summed E-state index contributed by atoms with van der Waals surface area (Å²) >= 11 is 0. The molecule has 4 unspecified atom stereocenters. The molecule has 0 radical (unpaired) electrons. The van der Waals surface area contributed by atoms with Crippen molar-refractivity contribution in [1.82, 2.24) is 16.0 Å². The lowest BCUT2D eigenvalue weighted by atomic mass is 10.0. The Bertz CT molecular complexity index is 1110. The van der Waals surface area contributed by atoms with Gasteiger partial charge in [0.1, 0.15) is 23.9 Å². The molecule has 9 N–H and O–H groups in total. The first-order valence-electron chi connectivity index (χ1n) is 11.5. The molecular weight excluding hydrogens is 482 g/mol. The summed E-state index contributed by atoms with van der Waals surface area (Å²) in [7, 11) is 0. The van der Waals surface area contributed by atoms with E-state index in [1.54, 1.807) is 42.5 Å². The molecule has 12 nitrogen and oxygen atoms in total. The number of phenolic OH excluding ortho intramolecular Hbond substituents is 1. The van der Waals surface area contributed by atoms with Crippen molar-refractivity contribution in [1.29, 1.82) is 0 Å². The number of amides is 4. The second-order valence-electron chi connectivity index (χ2n) is 8.53. The molecule has 0 aliphatic carbocycles. The van der Waals surface area contributed by atoms with E-state index in [9.17, 15) is 29.1 Å². The molecule has 12 heteroatoms. The van der Waals surface area contributed by atoms with Gasteiger partial charge in [-0.05, 0) is 30.2 Å². The summed E-state index contributed by atoms with van der Waals surface area (Å²) in [5.74, 6) is -4.32. The van der Waals surface area contributed by atoms with Gasteiger partial charge in [0.2, 0.25) is 23.6 Å². The number of benzene rings is 2. The lowest BCUT2D eigenvalue weighted by Crippen LogP contribution is -2.58. The van der Waals surface area contributed by atoms with Gasteiger partial charge in [-0.1, -0.05) is 42.5 Å². The number of hydrogen-bond acceptors (Lipinski definition) is 7. The Kier molecular flexibility index (Phi) is 10.6. The van der Waals surface area contributed by atoms with Crippen LogP contribution >= 0.6 is 0 Å². The fraction of sp³-hybridized carbons (Fsp3) is 0.320. The summed E-state index contributed by atoms with van der Waals surface area (Å²) < 4.78 is 0. The van der Waals surface area contributed by atoms with Gasteiger partial charge in [-0.3, -0.25) is 24.0 Å². The van der Waals surface area contributed by atoms with Crippen molar-refractivity contribution < 1.29 is 34.2 Å². The minimum atomic E-state index is -1.30. The zero-order chi connectivity index (χ0) is 27.5. The maximum Gasteiger partial charge on any atom is 0.325 e. The van der Waals surface area contributed by atoms with Crippen molar-refractivity contribution in [2.24, 2.45) is 11.5 Å². The molecule has 0 spiro atoms. The van der Waals surface area contributed by atoms with Crippen molar-refractivity contribution in [2.45, 2.75) is 50.4 Å². The third-order valence-corrected chi connectivity index (χ3v) is 5.41. The fourth-order valence-corrected chi connectivity index (χ4v) is 3.37. The Morgan fingerprint density at radius 3 is 1.78 bits per heavy atom. The number of primary amides is 1. The lowest BCUT2D eigenvalue weighted by Gasteiger charge is -2.25. The first kappa shape index (κ1) is 28.8. The standard InChI is InChI=1S/C25H31N5O7/c1-14(25(36)37)28-23(34)19(11-15-5-3-2-4-6-15)30-24(35)20(12-16-7-9-17(31)10-8-16)29-22(33)18(26)13-21(27)32/h2-10,14,18-20,31H,11-13,26H2,1H3,(H2,27,32)(H,28,34)(H,29,33)(H,30,35)(H,36,37). The van der Waals surface area contributed by atoms with E-state index in [1.165, 1.54) is 19.1 Å². The number of carbonyl (C=O) groups excluding carboxylic acids is 4. The van der Waals surface area contributed by atoms with Gasteiger partial charge in [-0.2, -0.15) is 0 Å². The Labute approximate surface area is 213 Å². The van der Waals surface area contributed by atoms with E-state index in [2.05, 4.69) is 16.0 Å². The topological polar surface area (TPSA) is 214 Å². The molecule has 4 amide bonds. The number of phenols is 1. The maximum atomic E-state index is 13.3. The van der Waals surface area contributed by atoms with Crippen LogP contribution in [0.5, 0.6) is 5.75 Å². The van der Waals surface area contributed by atoms with Gasteiger partial charge in [0.15, 0.2) is 0 Å². The van der Waals surface area contributed by atoms with Gasteiger partial charge in [0.25, 0.3) is 0 Å². The highest BCUT2D eigenvalue weighted by Crippen LogP contribution is 2.12. The molecule has 0 saturated carbocycles. The van der Waals surface area contributed by atoms with Crippen molar-refractivity contribution in [3.8, 4) is 5.75 Å². The molecule has 2 rings (SSSR count). The second kappa shape index (κ2) is 13.6. The molecule has 0 bridgehead atoms. The zero-order valence-corrected chi connectivity index (χ0v) is 20.2. The number of hydrogen-bond donors (Lipinski definition) is 7. The van der Waals surface area contributed by atoms with Crippen molar-refractivity contribution in [3.63, 3.8) is 0 Å². The first-order chi connectivity index (χ1) is 17.5. The number of nitrogens with one attached hydrogen (secondary N) is 3. The number of carboxylic acids is 1. The summed E-state index contributed by atoms with van der Waals surface area (Å²) in [5.41, 5.74) is 12.1. The minimum Gasteiger partial charge on any atom is -0.508 e. The monoisotopic (exact) mass is 513 g/mol. The van der Waals surface area contributed by atoms with Gasteiger partial charge in [-0.15, -0.1) is 0 Å². The third-order valence-electron chi connectivity index (χ3n) is 5.41. The van der Waals surface area contributed by atoms with Crippen LogP contribution in [0.15, 0.2) is 54.6 Å². The summed E-state index contributed by atoms with van der Waals surface area (Å²) in [5, 5.41) is 26.1. The van der Waals surface area contributed by atoms with Crippen LogP contribution in [0.1, 0.15) is 24.5 Å². The second-order valence-corrected chi connectivity index (χ2v) is 8.53. The average molecular weight is 514 g/mol. The van der Waals surface area contributed by atoms with Gasteiger partial charge in [-0.25, -0.2) is 0 Å². The Balaban J connectivity index is 2.28. The molecule has 0 aliphatic heterocycles. The molecule has 0 aromatic heterocycles. The van der Waals surface area contributed by atoms with E-state index in [0.29, 0.717) is 11.1 Å². The minimum absolute atomic E-state index is 0.00409. The number of nitrogens with two attached hydrogens (primary N) is 2. The maximum absolute atomic E-state index is 13.3. The smallest absolute Gasteiger partial charge is 0.325 e. The highest BCUT2D eigenvalue weighted by Gasteiger charge is 2.30. The number of carbonyl (C=O) groups is 5. The van der Waals surface area contributed by atoms with Crippen LogP contribution in [-0.4, -0.2) is 64.0 Å². The van der Waals surface area contributed by atoms with Crippen LogP contribution in [0.2, 0.25) is 0 Å². The number of carboxylic acid groups (broad SMARTS) is 1. The zero-order valence-electron chi connectivity index (χ0n) is 20.2. The van der Waals surface area contributed by atoms with Crippen LogP contribution in [0, 0.1) is 0 Å². The SMILES string of the molecule is CC(NC(=O)C(Cc1ccccc1)NC(=O)C(Cc1ccc(O)cc1)NC(=O)C(N)CC(N)=O)C(=O)O. The summed E-state index contributed by atoms with van der Waals surface area (Å²) in [6.45, 7) is 1.29. The lowest BCUT2D eigenvalue weighted by molar-refractivity contribution is -0.141. The highest BCUT2D eigenvalue weighted by atomic mass is 16.4. The number of rotatable bonds is 13. The number of aromatic hydroxyl groups is 1. The van der Waals surface area contributed by atoms with Crippen LogP contribution in [0.3, 0.4) is 0 Å². The first-order valence-corrected chi connectivity index (χ1v) is 11.5. The van der Waals surface area contributed by atoms with Crippen molar-refractivity contribution in [3.05, 3.63) is 65.7 Å². The van der Waals surface area contributed by atoms with E-state index < -0.39 is 60.2 Å². The molecule has 4 atom stereocenters. The van der Waals surface area contributed by atoms with Crippen LogP contribution in [0.4, 0.5) is 0 Å². The van der Waals surface area contributed by atoms with E-state index >= 15 is 0 Å². The molecular formula is C25H31N5O7. The molecule has 2 aromatic carbocycles. The van der Waals surface area contributed by atoms with E-state index in [0.717, 1.165) is 0 Å². The summed E-state index contributed by atoms with van der Waals surface area (Å²) in [6.07, 6.45) is -0.427. The number of aliphatic carboxylic acids is 1. The third kappa shape index (κ3) is 9.61. The largest absolute Gasteiger partial charge is 0.508 e. The predicted molar refractivity (Wildman–Crippen MR) is 133 cm³/mol. The molecule has 0 heterocycles. The van der Waals surface area contributed by atoms with Crippen molar-refractivity contribution in [2.75, 3.05) is 0 Å². The van der Waals surface area contributed by atoms with E-state index in [1.807, 2.05) is 0 Å². The fourth-order valence-electron chi connectivity index (χ4n) is 3.37. The summed E-state index contributed by atoms with van der Waals surface area (Å²) in [4.78, 5) is 61.2. The molecule has 0 fully saturated rings. The van der Waals surface area contributed by atoms with E-state index in [-0.39, 0.29) is 18.6 Å². The van der Waals surface area contributed by atoms with Crippen molar-refractivity contribution >= 4 is 29.6 Å². The van der Waals surface area contributed by atoms with Crippen LogP contribution in [0.25, 0.3) is 0 Å². The Morgan fingerprint density at radius 2 is 1.27 bits per heavy atom. The van der Waals surface area contributed by atoms with Gasteiger partial charge < -0.3 is 37.6 Å². The Hall–Kier alpha value is -4.45. The quantitative estimate of drug-likeness (QED) is 0.175. The molecule has 2 aromatic rings. The van der Waals surface area contributed by atoms with Crippen LogP contribution < -0.4 is 27.4 Å².